The zero-order valence-electron chi connectivity index (χ0n) is 13.6. The molecule has 0 amide bonds. The highest BCUT2D eigenvalue weighted by Gasteiger charge is 2.21. The first kappa shape index (κ1) is 18.6. The van der Waals surface area contributed by atoms with Crippen LogP contribution in [0.25, 0.3) is 0 Å². The van der Waals surface area contributed by atoms with Gasteiger partial charge in [0.1, 0.15) is 22.1 Å². The van der Waals surface area contributed by atoms with E-state index >= 15 is 0 Å². The Labute approximate surface area is 162 Å². The van der Waals surface area contributed by atoms with Crippen molar-refractivity contribution in [2.75, 3.05) is 0 Å². The average molecular weight is 409 g/mol. The van der Waals surface area contributed by atoms with Crippen LogP contribution in [-0.2, 0) is 10.1 Å². The minimum Gasteiger partial charge on any atom is -0.457 e. The molecule has 0 heterocycles. The molecule has 0 aliphatic carbocycles. The topological polar surface area (TPSA) is 52.6 Å². The van der Waals surface area contributed by atoms with Crippen molar-refractivity contribution in [1.29, 1.82) is 0 Å². The van der Waals surface area contributed by atoms with E-state index in [0.29, 0.717) is 22.1 Å². The third-order valence-electron chi connectivity index (χ3n) is 3.49. The van der Waals surface area contributed by atoms with Crippen LogP contribution in [0, 0.1) is 6.92 Å². The van der Waals surface area contributed by atoms with Gasteiger partial charge in [0.05, 0.1) is 5.02 Å². The van der Waals surface area contributed by atoms with E-state index in [9.17, 15) is 8.42 Å². The van der Waals surface area contributed by atoms with Crippen LogP contribution >= 0.6 is 23.2 Å². The van der Waals surface area contributed by atoms with Gasteiger partial charge in [-0.2, -0.15) is 8.42 Å². The van der Waals surface area contributed by atoms with E-state index in [0.717, 1.165) is 0 Å². The predicted octanol–water partition coefficient (Wildman–Crippen LogP) is 5.86. The Bertz CT molecular complexity index is 1020. The third kappa shape index (κ3) is 4.30. The molecule has 3 aromatic rings. The number of para-hydroxylation sites is 1. The third-order valence-corrected chi connectivity index (χ3v) is 5.61. The summed E-state index contributed by atoms with van der Waals surface area (Å²) < 4.78 is 35.8. The Balaban J connectivity index is 1.79. The fourth-order valence-electron chi connectivity index (χ4n) is 2.18. The highest BCUT2D eigenvalue weighted by atomic mass is 35.5. The monoisotopic (exact) mass is 408 g/mol. The van der Waals surface area contributed by atoms with Gasteiger partial charge in [0, 0.05) is 5.02 Å². The number of hydrogen-bond acceptors (Lipinski definition) is 4. The van der Waals surface area contributed by atoms with Crippen molar-refractivity contribution >= 4 is 33.3 Å². The summed E-state index contributed by atoms with van der Waals surface area (Å²) in [5.74, 6) is 1.38. The van der Waals surface area contributed by atoms with E-state index in [1.54, 1.807) is 19.1 Å². The molecule has 0 aliphatic heterocycles. The van der Waals surface area contributed by atoms with Gasteiger partial charge in [-0.25, -0.2) is 0 Å². The van der Waals surface area contributed by atoms with Crippen molar-refractivity contribution < 1.29 is 17.3 Å². The number of ether oxygens (including phenoxy) is 1. The smallest absolute Gasteiger partial charge is 0.340 e. The lowest BCUT2D eigenvalue weighted by atomic mass is 10.2. The summed E-state index contributed by atoms with van der Waals surface area (Å²) in [6, 6.07) is 18.3. The molecule has 0 saturated heterocycles. The quantitative estimate of drug-likeness (QED) is 0.495. The first-order chi connectivity index (χ1) is 12.3. The molecule has 7 heteroatoms. The van der Waals surface area contributed by atoms with Crippen LogP contribution < -0.4 is 8.92 Å². The van der Waals surface area contributed by atoms with E-state index < -0.39 is 10.1 Å². The van der Waals surface area contributed by atoms with E-state index in [4.69, 9.17) is 32.1 Å². The molecule has 134 valence electrons. The maximum atomic E-state index is 12.5. The predicted molar refractivity (Wildman–Crippen MR) is 102 cm³/mol. The zero-order chi connectivity index (χ0) is 18.7. The van der Waals surface area contributed by atoms with Gasteiger partial charge in [-0.3, -0.25) is 0 Å². The summed E-state index contributed by atoms with van der Waals surface area (Å²) in [7, 11) is -4.09. The fourth-order valence-corrected chi connectivity index (χ4v) is 3.92. The minimum absolute atomic E-state index is 0.00429. The van der Waals surface area contributed by atoms with Crippen LogP contribution in [0.15, 0.2) is 71.6 Å². The molecule has 3 aromatic carbocycles. The summed E-state index contributed by atoms with van der Waals surface area (Å²) in [4.78, 5) is -0.134. The molecular weight excluding hydrogens is 395 g/mol. The fraction of sp³-hybridized carbons (Fsp3) is 0.0526. The Kier molecular flexibility index (Phi) is 5.41. The summed E-state index contributed by atoms with van der Waals surface area (Å²) >= 11 is 12.0. The van der Waals surface area contributed by atoms with Gasteiger partial charge in [-0.1, -0.05) is 41.4 Å². The van der Waals surface area contributed by atoms with Crippen LogP contribution in [0.2, 0.25) is 10.0 Å². The van der Waals surface area contributed by atoms with Gasteiger partial charge >= 0.3 is 10.1 Å². The van der Waals surface area contributed by atoms with E-state index in [2.05, 4.69) is 0 Å². The lowest BCUT2D eigenvalue weighted by Crippen LogP contribution is -2.10. The number of rotatable bonds is 5. The van der Waals surface area contributed by atoms with Crippen LogP contribution in [0.3, 0.4) is 0 Å². The number of hydrogen-bond donors (Lipinski definition) is 0. The summed E-state index contributed by atoms with van der Waals surface area (Å²) in [6.45, 7) is 1.69. The van der Waals surface area contributed by atoms with Crippen molar-refractivity contribution in [2.24, 2.45) is 0 Å². The molecule has 0 aliphatic rings. The second-order valence-corrected chi connectivity index (χ2v) is 7.78. The molecule has 0 fully saturated rings. The summed E-state index contributed by atoms with van der Waals surface area (Å²) in [6.07, 6.45) is 0. The standard InChI is InChI=1S/C19H14Cl2O4S/c1-13-11-19(18(21)12-17(13)20)26(22,23)25-16-9-7-15(8-10-16)24-14-5-3-2-4-6-14/h2-12H,1H3. The van der Waals surface area contributed by atoms with E-state index in [1.165, 1.54) is 24.3 Å². The molecule has 0 spiro atoms. The van der Waals surface area contributed by atoms with E-state index in [1.807, 2.05) is 30.3 Å². The van der Waals surface area contributed by atoms with Gasteiger partial charge in [0.25, 0.3) is 0 Å². The van der Waals surface area contributed by atoms with Crippen LogP contribution in [0.1, 0.15) is 5.56 Å². The number of benzene rings is 3. The maximum Gasteiger partial charge on any atom is 0.340 e. The van der Waals surface area contributed by atoms with Gasteiger partial charge in [-0.15, -0.1) is 0 Å². The van der Waals surface area contributed by atoms with Gasteiger partial charge < -0.3 is 8.92 Å². The van der Waals surface area contributed by atoms with E-state index in [-0.39, 0.29) is 15.7 Å². The molecule has 3 rings (SSSR count). The molecule has 0 saturated carbocycles. The van der Waals surface area contributed by atoms with Crippen molar-refractivity contribution in [3.05, 3.63) is 82.3 Å². The van der Waals surface area contributed by atoms with Crippen LogP contribution in [0.4, 0.5) is 0 Å². The lowest BCUT2D eigenvalue weighted by molar-refractivity contribution is 0.474. The maximum absolute atomic E-state index is 12.5. The second kappa shape index (κ2) is 7.58. The SMILES string of the molecule is Cc1cc(S(=O)(=O)Oc2ccc(Oc3ccccc3)cc2)c(Cl)cc1Cl. The first-order valence-electron chi connectivity index (χ1n) is 7.58. The van der Waals surface area contributed by atoms with Crippen molar-refractivity contribution in [3.63, 3.8) is 0 Å². The molecule has 0 radical (unpaired) electrons. The molecule has 26 heavy (non-hydrogen) atoms. The highest BCUT2D eigenvalue weighted by molar-refractivity contribution is 7.87. The molecule has 0 N–H and O–H groups in total. The Morgan fingerprint density at radius 3 is 2.00 bits per heavy atom. The van der Waals surface area contributed by atoms with Gasteiger partial charge in [0.2, 0.25) is 0 Å². The molecule has 0 bridgehead atoms. The largest absolute Gasteiger partial charge is 0.457 e. The van der Waals surface area contributed by atoms with Crippen molar-refractivity contribution in [3.8, 4) is 17.2 Å². The number of aryl methyl sites for hydroxylation is 1. The summed E-state index contributed by atoms with van der Waals surface area (Å²) in [5, 5.41) is 0.390. The van der Waals surface area contributed by atoms with Crippen molar-refractivity contribution in [1.82, 2.24) is 0 Å². The lowest BCUT2D eigenvalue weighted by Gasteiger charge is -2.11. The average Bonchev–Trinajstić information content (AvgIpc) is 2.60. The molecule has 0 atom stereocenters. The number of halogens is 2. The molecule has 0 aromatic heterocycles. The molecular formula is C19H14Cl2O4S. The molecule has 0 unspecified atom stereocenters. The first-order valence-corrected chi connectivity index (χ1v) is 9.75. The second-order valence-electron chi connectivity index (χ2n) is 5.46. The minimum atomic E-state index is -4.09. The Morgan fingerprint density at radius 2 is 1.35 bits per heavy atom. The van der Waals surface area contributed by atoms with Crippen molar-refractivity contribution in [2.45, 2.75) is 11.8 Å². The Hall–Kier alpha value is -2.21. The van der Waals surface area contributed by atoms with Crippen LogP contribution in [0.5, 0.6) is 17.2 Å². The summed E-state index contributed by atoms with van der Waals surface area (Å²) in [5.41, 5.74) is 0.588. The van der Waals surface area contributed by atoms with Gasteiger partial charge in [0.15, 0.2) is 0 Å². The normalized spacial score (nSPS) is 11.2. The zero-order valence-corrected chi connectivity index (χ0v) is 16.0. The highest BCUT2D eigenvalue weighted by Crippen LogP contribution is 2.31. The van der Waals surface area contributed by atoms with Crippen LogP contribution in [-0.4, -0.2) is 8.42 Å². The van der Waals surface area contributed by atoms with Gasteiger partial charge in [-0.05, 0) is 61.0 Å². The molecule has 4 nitrogen and oxygen atoms in total. The Morgan fingerprint density at radius 1 is 0.769 bits per heavy atom.